The van der Waals surface area contributed by atoms with E-state index >= 15 is 0 Å². The predicted octanol–water partition coefficient (Wildman–Crippen LogP) is 4.69. The summed E-state index contributed by atoms with van der Waals surface area (Å²) in [6, 6.07) is 0. The summed E-state index contributed by atoms with van der Waals surface area (Å²) in [6.45, 7) is 6.26. The summed E-state index contributed by atoms with van der Waals surface area (Å²) in [5, 5.41) is 0. The van der Waals surface area contributed by atoms with Crippen LogP contribution in [0.4, 0.5) is 0 Å². The largest absolute Gasteiger partial charge is 0.559 e. The van der Waals surface area contributed by atoms with E-state index < -0.39 is 0 Å². The minimum absolute atomic E-state index is 0.315. The van der Waals surface area contributed by atoms with Crippen molar-refractivity contribution in [3.63, 3.8) is 0 Å². The SMILES string of the molecule is [CH2-][O+]1CC[O+]([CH2-])C2CCCCC2[O+]([CH2-])CC[O+]([CH2-])CC[O+]([CH2-])C2CCCCC2[O+]([CH2-])CC1. The van der Waals surface area contributed by atoms with Gasteiger partial charge < -0.3 is 26.2 Å². The second kappa shape index (κ2) is 13.0. The van der Waals surface area contributed by atoms with Gasteiger partial charge in [0, 0.05) is 25.7 Å². The highest BCUT2D eigenvalue weighted by Crippen LogP contribution is 2.32. The van der Waals surface area contributed by atoms with Crippen LogP contribution in [0.2, 0.25) is 0 Å². The molecule has 6 nitrogen and oxygen atoms in total. The van der Waals surface area contributed by atoms with Crippen LogP contribution in [0.15, 0.2) is 0 Å². The summed E-state index contributed by atoms with van der Waals surface area (Å²) in [5.74, 6) is 0. The van der Waals surface area contributed by atoms with Crippen molar-refractivity contribution >= 4 is 0 Å². The van der Waals surface area contributed by atoms with Crippen LogP contribution in [0.3, 0.4) is 0 Å². The van der Waals surface area contributed by atoms with E-state index in [0.29, 0.717) is 24.4 Å². The van der Waals surface area contributed by atoms with Crippen LogP contribution in [-0.2, 0) is 26.2 Å². The lowest BCUT2D eigenvalue weighted by molar-refractivity contribution is -0.286. The smallest absolute Gasteiger partial charge is 0.200 e. The van der Waals surface area contributed by atoms with Crippen LogP contribution in [0.25, 0.3) is 0 Å². The molecule has 1 heterocycles. The zero-order valence-electron chi connectivity index (χ0n) is 20.3. The summed E-state index contributed by atoms with van der Waals surface area (Å²) < 4.78 is 18.7. The summed E-state index contributed by atoms with van der Waals surface area (Å²) >= 11 is 0. The Morgan fingerprint density at radius 1 is 0.344 bits per heavy atom. The maximum Gasteiger partial charge on any atom is 0.200 e. The molecule has 1 aliphatic heterocycles. The Bertz CT molecular complexity index is 440. The fraction of sp³-hybridized carbons (Fsp3) is 0.769. The van der Waals surface area contributed by atoms with Gasteiger partial charge in [-0.15, -0.1) is 0 Å². The molecule has 0 spiro atoms. The highest BCUT2D eigenvalue weighted by atomic mass is 16.8. The molecule has 1 saturated heterocycles. The van der Waals surface area contributed by atoms with Gasteiger partial charge in [-0.3, -0.25) is 0 Å². The van der Waals surface area contributed by atoms with Crippen LogP contribution in [0.5, 0.6) is 0 Å². The molecule has 0 aromatic carbocycles. The van der Waals surface area contributed by atoms with Crippen LogP contribution < -0.4 is 0 Å². The molecule has 0 bridgehead atoms. The molecule has 0 aromatic heterocycles. The average molecular weight is 457 g/mol. The first-order valence-electron chi connectivity index (χ1n) is 12.3. The third kappa shape index (κ3) is 7.38. The molecule has 4 unspecified atom stereocenters. The molecule has 6 heteroatoms. The van der Waals surface area contributed by atoms with Gasteiger partial charge in [0.2, 0.25) is 24.4 Å². The second-order valence-electron chi connectivity index (χ2n) is 9.73. The Hall–Kier alpha value is -0.240. The minimum Gasteiger partial charge on any atom is -0.559 e. The van der Waals surface area contributed by atoms with E-state index in [2.05, 4.69) is 68.9 Å². The lowest BCUT2D eigenvalue weighted by Gasteiger charge is -2.44. The van der Waals surface area contributed by atoms with Gasteiger partial charge in [-0.1, -0.05) is 42.7 Å². The van der Waals surface area contributed by atoms with E-state index in [1.54, 1.807) is 0 Å². The van der Waals surface area contributed by atoms with Gasteiger partial charge in [-0.25, -0.2) is 0 Å². The average Bonchev–Trinajstić information content (AvgIpc) is 2.82. The Balaban J connectivity index is 1.68. The fourth-order valence-corrected chi connectivity index (χ4v) is 5.36. The third-order valence-corrected chi connectivity index (χ3v) is 7.53. The number of hydrogen-bond acceptors (Lipinski definition) is 0. The van der Waals surface area contributed by atoms with E-state index in [4.69, 9.17) is 0 Å². The van der Waals surface area contributed by atoms with Crippen molar-refractivity contribution in [3.8, 4) is 0 Å². The molecular formula is C26H48O6. The van der Waals surface area contributed by atoms with Crippen molar-refractivity contribution in [2.75, 3.05) is 52.9 Å². The summed E-state index contributed by atoms with van der Waals surface area (Å²) in [5.41, 5.74) is 0. The van der Waals surface area contributed by atoms with Crippen molar-refractivity contribution in [2.45, 2.75) is 75.8 Å². The van der Waals surface area contributed by atoms with Gasteiger partial charge in [0.05, 0.1) is 0 Å². The van der Waals surface area contributed by atoms with Gasteiger partial charge >= 0.3 is 0 Å². The molecule has 2 aliphatic carbocycles. The zero-order chi connectivity index (χ0) is 23.1. The van der Waals surface area contributed by atoms with Crippen molar-refractivity contribution in [2.24, 2.45) is 0 Å². The van der Waals surface area contributed by atoms with E-state index in [1.165, 1.54) is 25.7 Å². The highest BCUT2D eigenvalue weighted by molar-refractivity contribution is 4.83. The van der Waals surface area contributed by atoms with Crippen molar-refractivity contribution in [1.29, 1.82) is 0 Å². The molecule has 2 saturated carbocycles. The lowest BCUT2D eigenvalue weighted by atomic mass is 9.94. The first-order chi connectivity index (χ1) is 15.4. The monoisotopic (exact) mass is 456 g/mol. The maximum absolute atomic E-state index is 4.32. The molecule has 0 amide bonds. The standard InChI is InChI=1S/C26H48O6/c1-27-15-19-29(3)23-11-7-9-13-25(23)31(5)21-17-28(2)18-22-32(6)26-14-10-8-12-24(26)30(4)20-16-27/h23-26H,1-22H2. The number of hydrogen-bond donors (Lipinski definition) is 0. The molecule has 3 rings (SSSR count). The predicted molar refractivity (Wildman–Crippen MR) is 130 cm³/mol. The van der Waals surface area contributed by atoms with E-state index in [-0.39, 0.29) is 0 Å². The lowest BCUT2D eigenvalue weighted by Crippen LogP contribution is -2.46. The summed E-state index contributed by atoms with van der Waals surface area (Å²) in [7, 11) is 25.6. The first kappa shape index (κ1) is 26.4. The minimum atomic E-state index is 0.315. The van der Waals surface area contributed by atoms with Crippen molar-refractivity contribution in [1.82, 2.24) is 0 Å². The molecule has 188 valence electrons. The summed E-state index contributed by atoms with van der Waals surface area (Å²) in [4.78, 5) is 0. The van der Waals surface area contributed by atoms with Gasteiger partial charge in [0.25, 0.3) is 0 Å². The van der Waals surface area contributed by atoms with Crippen molar-refractivity contribution < 1.29 is 26.2 Å². The van der Waals surface area contributed by atoms with E-state index in [0.717, 1.165) is 78.5 Å². The van der Waals surface area contributed by atoms with Crippen LogP contribution in [0, 0.1) is 42.7 Å². The fourth-order valence-electron chi connectivity index (χ4n) is 5.36. The van der Waals surface area contributed by atoms with Gasteiger partial charge in [0.1, 0.15) is 0 Å². The van der Waals surface area contributed by atoms with Crippen LogP contribution in [0.1, 0.15) is 51.4 Å². The van der Waals surface area contributed by atoms with Gasteiger partial charge in [-0.2, -0.15) is 0 Å². The third-order valence-electron chi connectivity index (χ3n) is 7.53. The molecule has 3 aliphatic rings. The topological polar surface area (TPSA) is 16.2 Å². The van der Waals surface area contributed by atoms with Gasteiger partial charge in [0.15, 0.2) is 52.9 Å². The Labute approximate surface area is 197 Å². The second-order valence-corrected chi connectivity index (χ2v) is 9.73. The molecule has 3 fully saturated rings. The molecule has 0 radical (unpaired) electrons. The quantitative estimate of drug-likeness (QED) is 0.372. The summed E-state index contributed by atoms with van der Waals surface area (Å²) in [6.07, 6.45) is 10.7. The molecule has 0 N–H and O–H groups in total. The van der Waals surface area contributed by atoms with Crippen molar-refractivity contribution in [3.05, 3.63) is 42.7 Å². The Kier molecular flexibility index (Phi) is 10.7. The van der Waals surface area contributed by atoms with Crippen LogP contribution in [-0.4, -0.2) is 77.3 Å². The molecule has 32 heavy (non-hydrogen) atoms. The van der Waals surface area contributed by atoms with E-state index in [9.17, 15) is 0 Å². The molecule has 0 aromatic rings. The Morgan fingerprint density at radius 3 is 0.781 bits per heavy atom. The normalized spacial score (nSPS) is 36.2. The molecule has 4 atom stereocenters. The number of rotatable bonds is 0. The number of fused-ring (bicyclic) bond motifs is 2. The van der Waals surface area contributed by atoms with E-state index in [1.807, 2.05) is 0 Å². The maximum atomic E-state index is 4.32. The van der Waals surface area contributed by atoms with Crippen LogP contribution >= 0.6 is 0 Å². The van der Waals surface area contributed by atoms with Gasteiger partial charge in [-0.05, 0) is 25.7 Å². The molecular weight excluding hydrogens is 408 g/mol. The zero-order valence-corrected chi connectivity index (χ0v) is 20.3. The first-order valence-corrected chi connectivity index (χ1v) is 12.3. The highest BCUT2D eigenvalue weighted by Gasteiger charge is 2.39. The Morgan fingerprint density at radius 2 is 0.562 bits per heavy atom.